The lowest BCUT2D eigenvalue weighted by atomic mass is 10.2. The zero-order valence-electron chi connectivity index (χ0n) is 14.0. The van der Waals surface area contributed by atoms with Gasteiger partial charge in [-0.05, 0) is 48.5 Å². The van der Waals surface area contributed by atoms with Crippen molar-refractivity contribution in [3.05, 3.63) is 83.6 Å². The molecule has 0 bridgehead atoms. The molecule has 4 nitrogen and oxygen atoms in total. The van der Waals surface area contributed by atoms with E-state index in [0.29, 0.717) is 11.5 Å². The number of halogens is 5. The normalized spacial score (nSPS) is 11.2. The number of alkyl halides is 3. The van der Waals surface area contributed by atoms with Gasteiger partial charge >= 0.3 is 6.18 Å². The van der Waals surface area contributed by atoms with Gasteiger partial charge in [-0.1, -0.05) is 0 Å². The molecule has 0 saturated carbocycles. The SMILES string of the molecule is O=C(Nc1ccc(F)c(F)c1)c1ccc(Nc2ccc(C(F)(F)F)cc2)nc1. The summed E-state index contributed by atoms with van der Waals surface area (Å²) in [5.41, 5.74) is -0.145. The third-order valence-electron chi connectivity index (χ3n) is 3.69. The molecular formula is C19H12F5N3O. The van der Waals surface area contributed by atoms with Gasteiger partial charge in [-0.25, -0.2) is 13.8 Å². The maximum atomic E-state index is 13.2. The smallest absolute Gasteiger partial charge is 0.340 e. The van der Waals surface area contributed by atoms with Crippen molar-refractivity contribution in [3.8, 4) is 0 Å². The lowest BCUT2D eigenvalue weighted by Gasteiger charge is -2.10. The number of carbonyl (C=O) groups is 1. The van der Waals surface area contributed by atoms with Gasteiger partial charge in [0, 0.05) is 23.6 Å². The van der Waals surface area contributed by atoms with E-state index in [2.05, 4.69) is 15.6 Å². The molecule has 0 saturated heterocycles. The Labute approximate surface area is 156 Å². The molecule has 9 heteroatoms. The van der Waals surface area contributed by atoms with E-state index in [9.17, 15) is 26.7 Å². The second-order valence-corrected chi connectivity index (χ2v) is 5.72. The van der Waals surface area contributed by atoms with E-state index in [4.69, 9.17) is 0 Å². The average molecular weight is 393 g/mol. The van der Waals surface area contributed by atoms with Gasteiger partial charge in [0.25, 0.3) is 5.91 Å². The Hall–Kier alpha value is -3.49. The standard InChI is InChI=1S/C19H12F5N3O/c20-15-7-6-14(9-16(15)21)27-18(28)11-1-8-17(25-10-11)26-13-4-2-12(3-5-13)19(22,23)24/h1-10H,(H,25,26)(H,27,28). The summed E-state index contributed by atoms with van der Waals surface area (Å²) >= 11 is 0. The zero-order chi connectivity index (χ0) is 20.3. The molecule has 0 atom stereocenters. The van der Waals surface area contributed by atoms with Crippen LogP contribution >= 0.6 is 0 Å². The number of pyridine rings is 1. The second-order valence-electron chi connectivity index (χ2n) is 5.72. The predicted molar refractivity (Wildman–Crippen MR) is 93.3 cm³/mol. The number of aromatic nitrogens is 1. The Kier molecular flexibility index (Phi) is 5.25. The van der Waals surface area contributed by atoms with Crippen LogP contribution in [-0.2, 0) is 6.18 Å². The van der Waals surface area contributed by atoms with Crippen LogP contribution in [0.15, 0.2) is 60.8 Å². The van der Waals surface area contributed by atoms with Crippen molar-refractivity contribution < 1.29 is 26.7 Å². The van der Waals surface area contributed by atoms with E-state index in [1.807, 2.05) is 0 Å². The quantitative estimate of drug-likeness (QED) is 0.586. The number of nitrogens with one attached hydrogen (secondary N) is 2. The van der Waals surface area contributed by atoms with Crippen LogP contribution < -0.4 is 10.6 Å². The van der Waals surface area contributed by atoms with E-state index in [1.165, 1.54) is 36.5 Å². The number of amides is 1. The minimum absolute atomic E-state index is 0.0795. The maximum absolute atomic E-state index is 13.2. The maximum Gasteiger partial charge on any atom is 0.416 e. The largest absolute Gasteiger partial charge is 0.416 e. The summed E-state index contributed by atoms with van der Waals surface area (Å²) < 4.78 is 63.7. The predicted octanol–water partition coefficient (Wildman–Crippen LogP) is 5.37. The van der Waals surface area contributed by atoms with Crippen molar-refractivity contribution in [1.82, 2.24) is 4.98 Å². The zero-order valence-corrected chi connectivity index (χ0v) is 14.0. The monoisotopic (exact) mass is 393 g/mol. The number of carbonyl (C=O) groups excluding carboxylic acids is 1. The Balaban J connectivity index is 1.65. The van der Waals surface area contributed by atoms with E-state index in [-0.39, 0.29) is 11.3 Å². The third kappa shape index (κ3) is 4.61. The first-order valence-electron chi connectivity index (χ1n) is 7.89. The number of rotatable bonds is 4. The molecule has 0 unspecified atom stereocenters. The Morgan fingerprint density at radius 1 is 0.857 bits per heavy atom. The Morgan fingerprint density at radius 3 is 2.11 bits per heavy atom. The molecule has 0 aliphatic heterocycles. The Bertz CT molecular complexity index is 986. The van der Waals surface area contributed by atoms with Gasteiger partial charge in [-0.3, -0.25) is 4.79 Å². The summed E-state index contributed by atoms with van der Waals surface area (Å²) in [5.74, 6) is -2.39. The first-order chi connectivity index (χ1) is 13.2. The molecule has 0 spiro atoms. The van der Waals surface area contributed by atoms with Crippen molar-refractivity contribution in [2.24, 2.45) is 0 Å². The van der Waals surface area contributed by atoms with Gasteiger partial charge in [-0.2, -0.15) is 13.2 Å². The van der Waals surface area contributed by atoms with Crippen LogP contribution in [0.5, 0.6) is 0 Å². The summed E-state index contributed by atoms with van der Waals surface area (Å²) in [5, 5.41) is 5.21. The molecule has 1 heterocycles. The van der Waals surface area contributed by atoms with Gasteiger partial charge in [0.2, 0.25) is 0 Å². The molecule has 3 aromatic rings. The molecule has 1 aromatic heterocycles. The van der Waals surface area contributed by atoms with Gasteiger partial charge < -0.3 is 10.6 Å². The number of benzene rings is 2. The molecule has 28 heavy (non-hydrogen) atoms. The van der Waals surface area contributed by atoms with Gasteiger partial charge in [0.1, 0.15) is 5.82 Å². The molecule has 0 fully saturated rings. The van der Waals surface area contributed by atoms with Crippen LogP contribution in [0, 0.1) is 11.6 Å². The van der Waals surface area contributed by atoms with Gasteiger partial charge in [-0.15, -0.1) is 0 Å². The molecule has 0 radical (unpaired) electrons. The lowest BCUT2D eigenvalue weighted by molar-refractivity contribution is -0.137. The van der Waals surface area contributed by atoms with Crippen LogP contribution in [0.4, 0.5) is 39.1 Å². The molecule has 1 amide bonds. The molecular weight excluding hydrogens is 381 g/mol. The van der Waals surface area contributed by atoms with Crippen molar-refractivity contribution in [2.45, 2.75) is 6.18 Å². The van der Waals surface area contributed by atoms with Gasteiger partial charge in [0.15, 0.2) is 11.6 Å². The van der Waals surface area contributed by atoms with Gasteiger partial charge in [0.05, 0.1) is 11.1 Å². The fourth-order valence-corrected chi connectivity index (χ4v) is 2.27. The minimum atomic E-state index is -4.42. The first-order valence-corrected chi connectivity index (χ1v) is 7.89. The van der Waals surface area contributed by atoms with Crippen LogP contribution in [0.1, 0.15) is 15.9 Å². The average Bonchev–Trinajstić information content (AvgIpc) is 2.65. The number of hydrogen-bond donors (Lipinski definition) is 2. The summed E-state index contributed by atoms with van der Waals surface area (Å²) in [6.45, 7) is 0. The molecule has 0 aliphatic rings. The fourth-order valence-electron chi connectivity index (χ4n) is 2.27. The number of hydrogen-bond acceptors (Lipinski definition) is 3. The highest BCUT2D eigenvalue weighted by Gasteiger charge is 2.29. The van der Waals surface area contributed by atoms with E-state index >= 15 is 0 Å². The molecule has 0 aliphatic carbocycles. The number of nitrogens with zero attached hydrogens (tertiary/aromatic N) is 1. The topological polar surface area (TPSA) is 54.0 Å². The summed E-state index contributed by atoms with van der Waals surface area (Å²) in [7, 11) is 0. The van der Waals surface area contributed by atoms with Crippen LogP contribution in [0.2, 0.25) is 0 Å². The summed E-state index contributed by atoms with van der Waals surface area (Å²) in [6, 6.07) is 10.2. The highest BCUT2D eigenvalue weighted by molar-refractivity contribution is 6.04. The van der Waals surface area contributed by atoms with Crippen LogP contribution in [0.3, 0.4) is 0 Å². The molecule has 2 aromatic carbocycles. The van der Waals surface area contributed by atoms with Crippen LogP contribution in [0.25, 0.3) is 0 Å². The lowest BCUT2D eigenvalue weighted by Crippen LogP contribution is -2.12. The van der Waals surface area contributed by atoms with E-state index < -0.39 is 29.3 Å². The Morgan fingerprint density at radius 2 is 1.54 bits per heavy atom. The van der Waals surface area contributed by atoms with E-state index in [0.717, 1.165) is 24.3 Å². The minimum Gasteiger partial charge on any atom is -0.340 e. The third-order valence-corrected chi connectivity index (χ3v) is 3.69. The molecule has 3 rings (SSSR count). The van der Waals surface area contributed by atoms with Crippen molar-refractivity contribution >= 4 is 23.1 Å². The van der Waals surface area contributed by atoms with Crippen LogP contribution in [-0.4, -0.2) is 10.9 Å². The summed E-state index contributed by atoms with van der Waals surface area (Å²) in [6.07, 6.45) is -3.18. The van der Waals surface area contributed by atoms with Crippen molar-refractivity contribution in [3.63, 3.8) is 0 Å². The van der Waals surface area contributed by atoms with E-state index in [1.54, 1.807) is 0 Å². The highest BCUT2D eigenvalue weighted by atomic mass is 19.4. The molecule has 144 valence electrons. The number of anilines is 3. The van der Waals surface area contributed by atoms with Crippen molar-refractivity contribution in [2.75, 3.05) is 10.6 Å². The first kappa shape index (κ1) is 19.3. The second kappa shape index (κ2) is 7.63. The van der Waals surface area contributed by atoms with Crippen molar-refractivity contribution in [1.29, 1.82) is 0 Å². The summed E-state index contributed by atoms with van der Waals surface area (Å²) in [4.78, 5) is 16.1. The molecule has 2 N–H and O–H groups in total. The highest BCUT2D eigenvalue weighted by Crippen LogP contribution is 2.30. The fraction of sp³-hybridized carbons (Fsp3) is 0.0526.